The van der Waals surface area contributed by atoms with Gasteiger partial charge in [0, 0.05) is 16.6 Å². The number of fused-ring (bicyclic) bond motifs is 1. The summed E-state index contributed by atoms with van der Waals surface area (Å²) in [6, 6.07) is 1.78. The largest absolute Gasteiger partial charge is 0.480 e. The number of aromatic nitrogens is 1. The van der Waals surface area contributed by atoms with Crippen LogP contribution in [0.25, 0.3) is 10.9 Å². The summed E-state index contributed by atoms with van der Waals surface area (Å²) in [6.07, 6.45) is 0. The number of nitrogens with one attached hydrogen (secondary N) is 1. The highest BCUT2D eigenvalue weighted by molar-refractivity contribution is 6.06. The van der Waals surface area contributed by atoms with Crippen LogP contribution in [0.15, 0.2) is 12.1 Å². The predicted molar refractivity (Wildman–Crippen MR) is 62.5 cm³/mol. The molecule has 0 spiro atoms. The van der Waals surface area contributed by atoms with Crippen molar-refractivity contribution in [1.82, 2.24) is 4.98 Å². The molecule has 5 nitrogen and oxygen atoms in total. The number of aliphatic carboxylic acids is 1. The van der Waals surface area contributed by atoms with E-state index in [9.17, 15) is 18.4 Å². The number of halogens is 2. The van der Waals surface area contributed by atoms with E-state index in [-0.39, 0.29) is 22.2 Å². The van der Waals surface area contributed by atoms with Crippen molar-refractivity contribution in [1.29, 1.82) is 0 Å². The molecule has 0 fully saturated rings. The summed E-state index contributed by atoms with van der Waals surface area (Å²) in [5, 5.41) is 8.77. The van der Waals surface area contributed by atoms with Crippen LogP contribution in [0, 0.1) is 18.6 Å². The molecule has 0 aliphatic carbocycles. The van der Waals surface area contributed by atoms with Gasteiger partial charge in [-0.1, -0.05) is 0 Å². The fraction of sp³-hybridized carbons (Fsp3) is 0.167. The molecule has 2 aromatic rings. The quantitative estimate of drug-likeness (QED) is 0.734. The summed E-state index contributed by atoms with van der Waals surface area (Å²) in [6.45, 7) is 1.42. The molecule has 1 aromatic heterocycles. The molecule has 4 N–H and O–H groups in total. The SMILES string of the molecule is Cc1[nH]c2c(F)ccc(F)c2c1C(C(N)=O)C(=O)O. The molecule has 1 atom stereocenters. The summed E-state index contributed by atoms with van der Waals surface area (Å²) in [5.41, 5.74) is 4.89. The normalized spacial score (nSPS) is 12.6. The lowest BCUT2D eigenvalue weighted by Gasteiger charge is -2.09. The van der Waals surface area contributed by atoms with E-state index in [1.165, 1.54) is 6.92 Å². The molecule has 0 radical (unpaired) electrons. The Morgan fingerprint density at radius 2 is 1.89 bits per heavy atom. The molecule has 1 aromatic carbocycles. The van der Waals surface area contributed by atoms with Crippen LogP contribution >= 0.6 is 0 Å². The van der Waals surface area contributed by atoms with Gasteiger partial charge in [-0.15, -0.1) is 0 Å². The molecule has 0 bridgehead atoms. The van der Waals surface area contributed by atoms with Crippen LogP contribution in [0.1, 0.15) is 17.2 Å². The van der Waals surface area contributed by atoms with Gasteiger partial charge in [-0.2, -0.15) is 0 Å². The van der Waals surface area contributed by atoms with Crippen molar-refractivity contribution in [3.8, 4) is 0 Å². The zero-order valence-corrected chi connectivity index (χ0v) is 9.83. The van der Waals surface area contributed by atoms with Crippen LogP contribution in [0.3, 0.4) is 0 Å². The Balaban J connectivity index is 2.87. The minimum absolute atomic E-state index is 0.146. The third-order valence-corrected chi connectivity index (χ3v) is 2.91. The topological polar surface area (TPSA) is 96.2 Å². The zero-order chi connectivity index (χ0) is 14.3. The first-order valence-corrected chi connectivity index (χ1v) is 5.33. The number of nitrogens with two attached hydrogens (primary N) is 1. The molecule has 1 unspecified atom stereocenters. The van der Waals surface area contributed by atoms with Gasteiger partial charge in [-0.05, 0) is 19.1 Å². The number of carboxylic acid groups (broad SMARTS) is 1. The minimum Gasteiger partial charge on any atom is -0.480 e. The van der Waals surface area contributed by atoms with Crippen molar-refractivity contribution in [2.45, 2.75) is 12.8 Å². The summed E-state index contributed by atoms with van der Waals surface area (Å²) in [4.78, 5) is 24.9. The van der Waals surface area contributed by atoms with Crippen molar-refractivity contribution in [2.75, 3.05) is 0 Å². The number of aryl methyl sites for hydroxylation is 1. The fourth-order valence-electron chi connectivity index (χ4n) is 2.13. The van der Waals surface area contributed by atoms with E-state index in [1.54, 1.807) is 0 Å². The molecular weight excluding hydrogens is 258 g/mol. The lowest BCUT2D eigenvalue weighted by Crippen LogP contribution is -2.28. The van der Waals surface area contributed by atoms with E-state index in [1.807, 2.05) is 0 Å². The maximum absolute atomic E-state index is 13.8. The number of H-pyrrole nitrogens is 1. The Morgan fingerprint density at radius 3 is 2.42 bits per heavy atom. The molecule has 1 amide bonds. The monoisotopic (exact) mass is 268 g/mol. The van der Waals surface area contributed by atoms with E-state index in [0.717, 1.165) is 12.1 Å². The van der Waals surface area contributed by atoms with Gasteiger partial charge in [-0.25, -0.2) is 8.78 Å². The van der Waals surface area contributed by atoms with Crippen molar-refractivity contribution in [3.63, 3.8) is 0 Å². The van der Waals surface area contributed by atoms with E-state index in [0.29, 0.717) is 0 Å². The second-order valence-electron chi connectivity index (χ2n) is 4.12. The van der Waals surface area contributed by atoms with E-state index >= 15 is 0 Å². The second-order valence-corrected chi connectivity index (χ2v) is 4.12. The van der Waals surface area contributed by atoms with Gasteiger partial charge in [0.05, 0.1) is 5.52 Å². The number of primary amides is 1. The third-order valence-electron chi connectivity index (χ3n) is 2.91. The number of benzene rings is 1. The van der Waals surface area contributed by atoms with E-state index < -0.39 is 29.4 Å². The van der Waals surface area contributed by atoms with Crippen molar-refractivity contribution in [3.05, 3.63) is 35.0 Å². The number of hydrogen-bond acceptors (Lipinski definition) is 2. The Hall–Kier alpha value is -2.44. The van der Waals surface area contributed by atoms with Crippen LogP contribution < -0.4 is 5.73 Å². The smallest absolute Gasteiger partial charge is 0.320 e. The van der Waals surface area contributed by atoms with Gasteiger partial charge in [0.1, 0.15) is 11.6 Å². The number of carbonyl (C=O) groups excluding carboxylic acids is 1. The molecule has 0 saturated heterocycles. The minimum atomic E-state index is -1.73. The second kappa shape index (κ2) is 4.34. The summed E-state index contributed by atoms with van der Waals surface area (Å²) in [7, 11) is 0. The third kappa shape index (κ3) is 1.92. The molecule has 2 rings (SSSR count). The highest BCUT2D eigenvalue weighted by Gasteiger charge is 2.32. The number of carbonyl (C=O) groups is 2. The predicted octanol–water partition coefficient (Wildman–Crippen LogP) is 1.41. The number of carboxylic acids is 1. The number of aromatic amines is 1. The average Bonchev–Trinajstić information content (AvgIpc) is 2.63. The van der Waals surface area contributed by atoms with Crippen molar-refractivity contribution >= 4 is 22.8 Å². The van der Waals surface area contributed by atoms with E-state index in [4.69, 9.17) is 10.8 Å². The standard InChI is InChI=1S/C12H10F2N2O3/c1-4-7(9(11(15)17)12(18)19)8-5(13)2-3-6(14)10(8)16-4/h2-3,9,16H,1H3,(H2,15,17)(H,18,19). The van der Waals surface area contributed by atoms with Crippen molar-refractivity contribution < 1.29 is 23.5 Å². The Kier molecular flexibility index (Phi) is 2.97. The average molecular weight is 268 g/mol. The van der Waals surface area contributed by atoms with Gasteiger partial charge >= 0.3 is 5.97 Å². The van der Waals surface area contributed by atoms with Gasteiger partial charge in [0.15, 0.2) is 5.92 Å². The molecule has 7 heteroatoms. The number of rotatable bonds is 3. The van der Waals surface area contributed by atoms with Gasteiger partial charge in [-0.3, -0.25) is 9.59 Å². The molecule has 0 saturated carbocycles. The van der Waals surface area contributed by atoms with Gasteiger partial charge < -0.3 is 15.8 Å². The zero-order valence-electron chi connectivity index (χ0n) is 9.83. The maximum atomic E-state index is 13.8. The van der Waals surface area contributed by atoms with E-state index in [2.05, 4.69) is 4.98 Å². The van der Waals surface area contributed by atoms with Crippen molar-refractivity contribution in [2.24, 2.45) is 5.73 Å². The van der Waals surface area contributed by atoms with Crippen LogP contribution in [0.4, 0.5) is 8.78 Å². The van der Waals surface area contributed by atoms with Crippen LogP contribution in [0.2, 0.25) is 0 Å². The maximum Gasteiger partial charge on any atom is 0.320 e. The first-order valence-electron chi connectivity index (χ1n) is 5.33. The van der Waals surface area contributed by atoms with Gasteiger partial charge in [0.2, 0.25) is 5.91 Å². The first-order chi connectivity index (χ1) is 8.84. The Labute approximate surface area is 106 Å². The Morgan fingerprint density at radius 1 is 1.32 bits per heavy atom. The molecule has 0 aliphatic heterocycles. The summed E-state index contributed by atoms with van der Waals surface area (Å²) < 4.78 is 27.4. The lowest BCUT2D eigenvalue weighted by molar-refractivity contribution is -0.142. The van der Waals surface area contributed by atoms with Gasteiger partial charge in [0.25, 0.3) is 0 Å². The Bertz CT molecular complexity index is 680. The van der Waals surface area contributed by atoms with Crippen LogP contribution in [0.5, 0.6) is 0 Å². The molecule has 0 aliphatic rings. The molecular formula is C12H10F2N2O3. The molecule has 1 heterocycles. The summed E-state index contributed by atoms with van der Waals surface area (Å²) in [5.74, 6) is -5.94. The van der Waals surface area contributed by atoms with Crippen LogP contribution in [-0.2, 0) is 9.59 Å². The lowest BCUT2D eigenvalue weighted by atomic mass is 9.95. The fourth-order valence-corrected chi connectivity index (χ4v) is 2.13. The van der Waals surface area contributed by atoms with Crippen LogP contribution in [-0.4, -0.2) is 22.0 Å². The number of hydrogen-bond donors (Lipinski definition) is 3. The highest BCUT2D eigenvalue weighted by Crippen LogP contribution is 2.32. The summed E-state index contributed by atoms with van der Waals surface area (Å²) >= 11 is 0. The molecule has 100 valence electrons. The first kappa shape index (κ1) is 13.0. The highest BCUT2D eigenvalue weighted by atomic mass is 19.1. The number of amides is 1. The molecule has 19 heavy (non-hydrogen) atoms.